The Bertz CT molecular complexity index is 1330. The number of aryl methyl sites for hydroxylation is 1. The molecule has 0 saturated heterocycles. The SMILES string of the molecule is CCCn1c(=O)c(=O)[nH]c2cc(-c3noc(-c4ccc(C(F)(F)F)cc4)n3)ccc21. The second-order valence-corrected chi connectivity index (χ2v) is 6.64. The number of hydrogen-bond acceptors (Lipinski definition) is 5. The molecular weight excluding hydrogens is 401 g/mol. The lowest BCUT2D eigenvalue weighted by Gasteiger charge is -2.08. The van der Waals surface area contributed by atoms with Gasteiger partial charge in [0, 0.05) is 17.7 Å². The van der Waals surface area contributed by atoms with Crippen molar-refractivity contribution in [2.24, 2.45) is 0 Å². The summed E-state index contributed by atoms with van der Waals surface area (Å²) in [5, 5.41) is 3.87. The molecule has 0 aliphatic carbocycles. The molecule has 4 aromatic rings. The van der Waals surface area contributed by atoms with E-state index in [0.29, 0.717) is 35.1 Å². The molecule has 0 aliphatic rings. The molecule has 7 nitrogen and oxygen atoms in total. The van der Waals surface area contributed by atoms with E-state index in [1.165, 1.54) is 16.7 Å². The molecule has 1 N–H and O–H groups in total. The highest BCUT2D eigenvalue weighted by Crippen LogP contribution is 2.31. The summed E-state index contributed by atoms with van der Waals surface area (Å²) in [6, 6.07) is 9.34. The number of nitrogens with one attached hydrogen (secondary N) is 1. The van der Waals surface area contributed by atoms with Crippen LogP contribution in [0.2, 0.25) is 0 Å². The highest BCUT2D eigenvalue weighted by atomic mass is 19.4. The molecule has 2 aromatic carbocycles. The number of benzene rings is 2. The second-order valence-electron chi connectivity index (χ2n) is 6.64. The van der Waals surface area contributed by atoms with Crippen molar-refractivity contribution in [3.05, 3.63) is 68.7 Å². The Balaban J connectivity index is 1.72. The third-order valence-electron chi connectivity index (χ3n) is 4.57. The van der Waals surface area contributed by atoms with Crippen LogP contribution >= 0.6 is 0 Å². The minimum atomic E-state index is -4.43. The first-order valence-corrected chi connectivity index (χ1v) is 9.06. The number of hydrogen-bond donors (Lipinski definition) is 1. The first-order chi connectivity index (χ1) is 14.3. The maximum Gasteiger partial charge on any atom is 0.416 e. The van der Waals surface area contributed by atoms with Crippen molar-refractivity contribution in [1.29, 1.82) is 0 Å². The van der Waals surface area contributed by atoms with E-state index in [9.17, 15) is 22.8 Å². The maximum atomic E-state index is 12.7. The molecule has 0 saturated carbocycles. The first kappa shape index (κ1) is 19.6. The molecule has 0 amide bonds. The summed E-state index contributed by atoms with van der Waals surface area (Å²) in [5.41, 5.74) is -0.270. The minimum absolute atomic E-state index is 0.0586. The van der Waals surface area contributed by atoms with Gasteiger partial charge in [0.05, 0.1) is 16.6 Å². The van der Waals surface area contributed by atoms with Crippen LogP contribution in [0.25, 0.3) is 33.9 Å². The fourth-order valence-electron chi connectivity index (χ4n) is 3.12. The van der Waals surface area contributed by atoms with Crippen molar-refractivity contribution < 1.29 is 17.7 Å². The lowest BCUT2D eigenvalue weighted by molar-refractivity contribution is -0.137. The van der Waals surface area contributed by atoms with Crippen LogP contribution in [0.15, 0.2) is 56.6 Å². The van der Waals surface area contributed by atoms with Gasteiger partial charge in [-0.15, -0.1) is 0 Å². The number of nitrogens with zero attached hydrogens (tertiary/aromatic N) is 3. The molecule has 0 atom stereocenters. The van der Waals surface area contributed by atoms with E-state index in [-0.39, 0.29) is 11.7 Å². The van der Waals surface area contributed by atoms with E-state index in [4.69, 9.17) is 4.52 Å². The fourth-order valence-corrected chi connectivity index (χ4v) is 3.12. The smallest absolute Gasteiger partial charge is 0.334 e. The van der Waals surface area contributed by atoms with Crippen molar-refractivity contribution in [1.82, 2.24) is 19.7 Å². The van der Waals surface area contributed by atoms with E-state index in [1.54, 1.807) is 18.2 Å². The quantitative estimate of drug-likeness (QED) is 0.510. The maximum absolute atomic E-state index is 12.7. The monoisotopic (exact) mass is 416 g/mol. The van der Waals surface area contributed by atoms with Crippen LogP contribution in [-0.4, -0.2) is 19.7 Å². The molecule has 0 radical (unpaired) electrons. The van der Waals surface area contributed by atoms with E-state index in [1.807, 2.05) is 6.92 Å². The zero-order valence-corrected chi connectivity index (χ0v) is 15.7. The number of halogens is 3. The highest BCUT2D eigenvalue weighted by Gasteiger charge is 2.30. The number of fused-ring (bicyclic) bond motifs is 1. The molecule has 2 aromatic heterocycles. The summed E-state index contributed by atoms with van der Waals surface area (Å²) in [7, 11) is 0. The van der Waals surface area contributed by atoms with Gasteiger partial charge in [0.25, 0.3) is 5.89 Å². The van der Waals surface area contributed by atoms with E-state index in [0.717, 1.165) is 12.1 Å². The molecule has 4 rings (SSSR count). The Hall–Kier alpha value is -3.69. The van der Waals surface area contributed by atoms with Crippen LogP contribution in [0.1, 0.15) is 18.9 Å². The standard InChI is InChI=1S/C20H15F3N4O3/c1-2-9-27-15-8-5-12(10-14(15)24-17(28)19(27)29)16-25-18(30-26-16)11-3-6-13(7-4-11)20(21,22)23/h3-8,10H,2,9H2,1H3,(H,24,28). The van der Waals surface area contributed by atoms with E-state index >= 15 is 0 Å². The van der Waals surface area contributed by atoms with Crippen LogP contribution < -0.4 is 11.1 Å². The van der Waals surface area contributed by atoms with Crippen molar-refractivity contribution in [2.45, 2.75) is 26.1 Å². The third-order valence-corrected chi connectivity index (χ3v) is 4.57. The Morgan fingerprint density at radius 1 is 1.07 bits per heavy atom. The van der Waals surface area contributed by atoms with Gasteiger partial charge in [-0.05, 0) is 48.9 Å². The number of aromatic amines is 1. The van der Waals surface area contributed by atoms with Gasteiger partial charge in [0.15, 0.2) is 0 Å². The fraction of sp³-hybridized carbons (Fsp3) is 0.200. The Morgan fingerprint density at radius 2 is 1.77 bits per heavy atom. The predicted octanol–water partition coefficient (Wildman–Crippen LogP) is 3.84. The molecule has 0 unspecified atom stereocenters. The van der Waals surface area contributed by atoms with Crippen molar-refractivity contribution in [3.8, 4) is 22.8 Å². The summed E-state index contributed by atoms with van der Waals surface area (Å²) >= 11 is 0. The van der Waals surface area contributed by atoms with Crippen molar-refractivity contribution in [2.75, 3.05) is 0 Å². The molecule has 0 spiro atoms. The highest BCUT2D eigenvalue weighted by molar-refractivity contribution is 5.80. The van der Waals surface area contributed by atoms with Crippen LogP contribution in [0.5, 0.6) is 0 Å². The van der Waals surface area contributed by atoms with Gasteiger partial charge in [-0.2, -0.15) is 18.2 Å². The summed E-state index contributed by atoms with van der Waals surface area (Å²) in [6.07, 6.45) is -3.75. The number of H-pyrrole nitrogens is 1. The van der Waals surface area contributed by atoms with Gasteiger partial charge in [-0.3, -0.25) is 9.59 Å². The van der Waals surface area contributed by atoms with Crippen LogP contribution in [0.3, 0.4) is 0 Å². The van der Waals surface area contributed by atoms with Crippen molar-refractivity contribution >= 4 is 11.0 Å². The molecule has 0 fully saturated rings. The van der Waals surface area contributed by atoms with Crippen molar-refractivity contribution in [3.63, 3.8) is 0 Å². The van der Waals surface area contributed by atoms with Crippen LogP contribution in [0.4, 0.5) is 13.2 Å². The largest absolute Gasteiger partial charge is 0.416 e. The summed E-state index contributed by atoms with van der Waals surface area (Å²) < 4.78 is 44.7. The van der Waals surface area contributed by atoms with Crippen LogP contribution in [-0.2, 0) is 12.7 Å². The van der Waals surface area contributed by atoms with E-state index < -0.39 is 22.9 Å². The number of rotatable bonds is 4. The lowest BCUT2D eigenvalue weighted by atomic mass is 10.1. The molecule has 0 aliphatic heterocycles. The zero-order valence-electron chi connectivity index (χ0n) is 15.7. The number of alkyl halides is 3. The molecule has 2 heterocycles. The van der Waals surface area contributed by atoms with Crippen LogP contribution in [0, 0.1) is 0 Å². The second kappa shape index (κ2) is 7.29. The number of aromatic nitrogens is 4. The Morgan fingerprint density at radius 3 is 2.43 bits per heavy atom. The molecule has 154 valence electrons. The topological polar surface area (TPSA) is 93.8 Å². The normalized spacial score (nSPS) is 11.9. The zero-order chi connectivity index (χ0) is 21.5. The first-order valence-electron chi connectivity index (χ1n) is 9.06. The average molecular weight is 416 g/mol. The Labute approximate surface area is 166 Å². The summed E-state index contributed by atoms with van der Waals surface area (Å²) in [6.45, 7) is 2.30. The molecule has 30 heavy (non-hydrogen) atoms. The third kappa shape index (κ3) is 3.51. The molecular formula is C20H15F3N4O3. The van der Waals surface area contributed by atoms with Gasteiger partial charge >= 0.3 is 17.3 Å². The van der Waals surface area contributed by atoms with Gasteiger partial charge < -0.3 is 14.1 Å². The Kier molecular flexibility index (Phi) is 4.76. The summed E-state index contributed by atoms with van der Waals surface area (Å²) in [5.74, 6) is 0.254. The lowest BCUT2D eigenvalue weighted by Crippen LogP contribution is -2.36. The molecule has 0 bridgehead atoms. The van der Waals surface area contributed by atoms with Gasteiger partial charge in [0.2, 0.25) is 5.82 Å². The van der Waals surface area contributed by atoms with Gasteiger partial charge in [-0.1, -0.05) is 12.1 Å². The minimum Gasteiger partial charge on any atom is -0.334 e. The van der Waals surface area contributed by atoms with E-state index in [2.05, 4.69) is 15.1 Å². The average Bonchev–Trinajstić information content (AvgIpc) is 3.21. The van der Waals surface area contributed by atoms with Gasteiger partial charge in [0.1, 0.15) is 0 Å². The summed E-state index contributed by atoms with van der Waals surface area (Å²) in [4.78, 5) is 30.8. The molecule has 10 heteroatoms. The predicted molar refractivity (Wildman–Crippen MR) is 103 cm³/mol. The van der Waals surface area contributed by atoms with Gasteiger partial charge in [-0.25, -0.2) is 0 Å².